The molecule has 0 fully saturated rings. The third-order valence-corrected chi connectivity index (χ3v) is 9.67. The van der Waals surface area contributed by atoms with Gasteiger partial charge in [0.25, 0.3) is 0 Å². The van der Waals surface area contributed by atoms with E-state index in [1.54, 1.807) is 6.08 Å². The van der Waals surface area contributed by atoms with E-state index in [2.05, 4.69) is 110 Å². The van der Waals surface area contributed by atoms with Crippen LogP contribution in [0.1, 0.15) is 129 Å². The van der Waals surface area contributed by atoms with Gasteiger partial charge in [0, 0.05) is 12.8 Å². The van der Waals surface area contributed by atoms with Crippen molar-refractivity contribution in [2.45, 2.75) is 154 Å². The molecule has 0 aliphatic heterocycles. The van der Waals surface area contributed by atoms with Crippen LogP contribution in [0.4, 0.5) is 0 Å². The predicted molar refractivity (Wildman–Crippen MR) is 247 cm³/mol. The Morgan fingerprint density at radius 1 is 0.565 bits per heavy atom. The van der Waals surface area contributed by atoms with E-state index >= 15 is 0 Å². The Morgan fingerprint density at radius 2 is 1.02 bits per heavy atom. The Bertz CT molecular complexity index is 1500. The number of phosphoric acid groups is 1. The fourth-order valence-corrected chi connectivity index (χ4v) is 5.95. The maximum atomic E-state index is 12.6. The number of phosphoric ester groups is 1. The van der Waals surface area contributed by atoms with Crippen molar-refractivity contribution >= 4 is 25.7 Å². The van der Waals surface area contributed by atoms with Crippen molar-refractivity contribution in [2.24, 2.45) is 5.73 Å². The molecular weight excluding hydrogens is 813 g/mol. The number of carbonyl (C=O) groups excluding carboxylic acids is 2. The van der Waals surface area contributed by atoms with Crippen LogP contribution in [-0.2, 0) is 37.5 Å². The number of aliphatic hydroxyl groups excluding tert-OH is 2. The molecule has 0 aliphatic rings. The highest BCUT2D eigenvalue weighted by molar-refractivity contribution is 7.47. The topological polar surface area (TPSA) is 212 Å². The molecule has 0 bridgehead atoms. The van der Waals surface area contributed by atoms with Crippen LogP contribution < -0.4 is 5.73 Å². The maximum Gasteiger partial charge on any atom is 0.472 e. The molecule has 0 rings (SSSR count). The van der Waals surface area contributed by atoms with Gasteiger partial charge in [-0.2, -0.15) is 0 Å². The highest BCUT2D eigenvalue weighted by Crippen LogP contribution is 2.43. The Hall–Kier alpha value is -3.94. The van der Waals surface area contributed by atoms with Gasteiger partial charge in [-0.1, -0.05) is 130 Å². The van der Waals surface area contributed by atoms with E-state index in [1.165, 1.54) is 0 Å². The number of unbranched alkanes of at least 4 members (excludes halogenated alkanes) is 3. The second-order valence-corrected chi connectivity index (χ2v) is 15.8. The molecule has 0 heterocycles. The molecular formula is C48H76NO12P. The van der Waals surface area contributed by atoms with E-state index in [0.717, 1.165) is 70.6 Å². The van der Waals surface area contributed by atoms with Gasteiger partial charge in [-0.05, 0) is 96.3 Å². The van der Waals surface area contributed by atoms with Gasteiger partial charge >= 0.3 is 25.7 Å². The molecule has 0 saturated heterocycles. The highest BCUT2D eigenvalue weighted by atomic mass is 31.2. The average molecular weight is 890 g/mol. The molecule has 0 aromatic heterocycles. The van der Waals surface area contributed by atoms with Crippen molar-refractivity contribution in [3.05, 3.63) is 109 Å². The summed E-state index contributed by atoms with van der Waals surface area (Å²) in [5, 5.41) is 29.6. The van der Waals surface area contributed by atoms with E-state index < -0.39 is 69.9 Å². The second kappa shape index (κ2) is 41.1. The second-order valence-electron chi connectivity index (χ2n) is 14.4. The van der Waals surface area contributed by atoms with Crippen LogP contribution in [0.25, 0.3) is 0 Å². The number of nitrogens with two attached hydrogens (primary N) is 1. The zero-order valence-corrected chi connectivity index (χ0v) is 38.0. The lowest BCUT2D eigenvalue weighted by Gasteiger charge is -2.20. The summed E-state index contributed by atoms with van der Waals surface area (Å²) in [7, 11) is -4.81. The standard InChI is InChI=1S/C48H76NO12P/c1-3-5-7-9-11-13-15-17-18-19-20-21-22-23-25-27-29-31-33-37-47(53)61-42(40-59-62(56,57)60-41-43(49)48(54)55)39-58-46(52)38-34-36-45(51)44(50)35-32-30-28-26-24-16-14-12-10-8-6-4-2/h5-8,11-14,17-18,20-21,23-26,30,32,42-45,50-51H,3-4,9-10,15-16,19,22,27-29,31,33-41,49H2,1-2H3,(H,54,55)(H,56,57)/b7-5-,8-6-,13-11-,14-12-,18-17-,21-20-,25-23-,26-24-,32-30-/t42-,43+,44+,45+/m1/s1. The first-order valence-corrected chi connectivity index (χ1v) is 23.6. The van der Waals surface area contributed by atoms with Gasteiger partial charge in [0.2, 0.25) is 0 Å². The molecule has 0 radical (unpaired) electrons. The Kier molecular flexibility index (Phi) is 38.5. The quantitative estimate of drug-likeness (QED) is 0.0169. The fourth-order valence-electron chi connectivity index (χ4n) is 5.18. The summed E-state index contributed by atoms with van der Waals surface area (Å²) >= 11 is 0. The predicted octanol–water partition coefficient (Wildman–Crippen LogP) is 9.78. The van der Waals surface area contributed by atoms with E-state index in [4.69, 9.17) is 24.8 Å². The van der Waals surface area contributed by atoms with Crippen LogP contribution in [0.2, 0.25) is 0 Å². The summed E-state index contributed by atoms with van der Waals surface area (Å²) < 4.78 is 32.5. The molecule has 0 aromatic carbocycles. The molecule has 0 amide bonds. The minimum atomic E-state index is -4.81. The first-order valence-electron chi connectivity index (χ1n) is 22.1. The molecule has 0 aromatic rings. The monoisotopic (exact) mass is 890 g/mol. The molecule has 0 spiro atoms. The normalized spacial score (nSPS) is 15.7. The Morgan fingerprint density at radius 3 is 1.52 bits per heavy atom. The summed E-state index contributed by atoms with van der Waals surface area (Å²) in [6, 6.07) is -1.57. The number of rotatable bonds is 39. The number of allylic oxidation sites excluding steroid dienone is 17. The largest absolute Gasteiger partial charge is 0.480 e. The van der Waals surface area contributed by atoms with Gasteiger partial charge in [-0.3, -0.25) is 23.4 Å². The molecule has 5 atom stereocenters. The molecule has 62 heavy (non-hydrogen) atoms. The molecule has 1 unspecified atom stereocenters. The molecule has 350 valence electrons. The van der Waals surface area contributed by atoms with Crippen LogP contribution in [0.5, 0.6) is 0 Å². The van der Waals surface area contributed by atoms with Crippen molar-refractivity contribution in [3.63, 3.8) is 0 Å². The van der Waals surface area contributed by atoms with Gasteiger partial charge in [0.15, 0.2) is 6.10 Å². The van der Waals surface area contributed by atoms with Gasteiger partial charge in [0.05, 0.1) is 25.4 Å². The van der Waals surface area contributed by atoms with Crippen LogP contribution in [0, 0.1) is 0 Å². The summed E-state index contributed by atoms with van der Waals surface area (Å²) in [4.78, 5) is 46.1. The summed E-state index contributed by atoms with van der Waals surface area (Å²) in [5.74, 6) is -2.76. The zero-order valence-electron chi connectivity index (χ0n) is 37.1. The van der Waals surface area contributed by atoms with Crippen molar-refractivity contribution in [1.82, 2.24) is 0 Å². The minimum Gasteiger partial charge on any atom is -0.480 e. The van der Waals surface area contributed by atoms with Gasteiger partial charge in [-0.25, -0.2) is 4.57 Å². The SMILES string of the molecule is CC/C=C\C/C=C\C/C=C\C/C=C\C/C=C\CCCCCC(=O)O[C@H](COC(=O)CCC[C@H](O)[C@@H](O)C/C=C\C/C=C\C/C=C\C/C=C\CC)COP(=O)(O)OC[C@H](N)C(=O)O. The van der Waals surface area contributed by atoms with Crippen molar-refractivity contribution < 1.29 is 57.7 Å². The molecule has 14 heteroatoms. The van der Waals surface area contributed by atoms with Gasteiger partial charge in [0.1, 0.15) is 12.6 Å². The van der Waals surface area contributed by atoms with Gasteiger partial charge < -0.3 is 35.4 Å². The van der Waals surface area contributed by atoms with Gasteiger partial charge in [-0.15, -0.1) is 0 Å². The number of hydrogen-bond acceptors (Lipinski definition) is 11. The Balaban J connectivity index is 4.68. The van der Waals surface area contributed by atoms with Crippen molar-refractivity contribution in [3.8, 4) is 0 Å². The first kappa shape index (κ1) is 58.1. The van der Waals surface area contributed by atoms with Crippen LogP contribution in [0.3, 0.4) is 0 Å². The summed E-state index contributed by atoms with van der Waals surface area (Å²) in [6.07, 6.45) is 46.1. The van der Waals surface area contributed by atoms with E-state index in [0.29, 0.717) is 12.8 Å². The lowest BCUT2D eigenvalue weighted by atomic mass is 10.0. The number of carbonyl (C=O) groups is 3. The van der Waals surface area contributed by atoms with E-state index in [-0.39, 0.29) is 32.1 Å². The molecule has 0 saturated carbocycles. The Labute approximate surface area is 371 Å². The van der Waals surface area contributed by atoms with Crippen LogP contribution in [-0.4, -0.2) is 82.3 Å². The molecule has 13 nitrogen and oxygen atoms in total. The lowest BCUT2D eigenvalue weighted by Crippen LogP contribution is -2.34. The first-order chi connectivity index (χ1) is 29.9. The summed E-state index contributed by atoms with van der Waals surface area (Å²) in [5.41, 5.74) is 5.32. The van der Waals surface area contributed by atoms with Crippen LogP contribution in [0.15, 0.2) is 109 Å². The minimum absolute atomic E-state index is 0.0536. The van der Waals surface area contributed by atoms with Crippen molar-refractivity contribution in [1.29, 1.82) is 0 Å². The smallest absolute Gasteiger partial charge is 0.472 e. The maximum absolute atomic E-state index is 12.6. The average Bonchev–Trinajstić information content (AvgIpc) is 3.24. The summed E-state index contributed by atoms with van der Waals surface area (Å²) in [6.45, 7) is 2.22. The number of aliphatic carboxylic acids is 1. The molecule has 0 aliphatic carbocycles. The third kappa shape index (κ3) is 38.9. The number of carboxylic acids is 1. The van der Waals surface area contributed by atoms with Crippen LogP contribution >= 0.6 is 7.82 Å². The zero-order chi connectivity index (χ0) is 45.9. The third-order valence-electron chi connectivity index (χ3n) is 8.72. The number of ether oxygens (including phenoxy) is 2. The lowest BCUT2D eigenvalue weighted by molar-refractivity contribution is -0.161. The number of esters is 2. The number of aliphatic hydroxyl groups is 2. The fraction of sp³-hybridized carbons (Fsp3) is 0.562. The molecule has 6 N–H and O–H groups in total. The van der Waals surface area contributed by atoms with E-state index in [1.807, 2.05) is 12.2 Å². The highest BCUT2D eigenvalue weighted by Gasteiger charge is 2.28. The van der Waals surface area contributed by atoms with E-state index in [9.17, 15) is 34.1 Å². The van der Waals surface area contributed by atoms with Crippen molar-refractivity contribution in [2.75, 3.05) is 19.8 Å². The number of carboxylic acid groups (broad SMARTS) is 1. The number of hydrogen-bond donors (Lipinski definition) is 5.